The lowest BCUT2D eigenvalue weighted by atomic mass is 10.0. The largest absolute Gasteiger partial charge is 0.481 e. The Morgan fingerprint density at radius 3 is 2.72 bits per heavy atom. The van der Waals surface area contributed by atoms with Gasteiger partial charge in [0, 0.05) is 33.6 Å². The highest BCUT2D eigenvalue weighted by molar-refractivity contribution is 6.31. The summed E-state index contributed by atoms with van der Waals surface area (Å²) < 4.78 is 0. The summed E-state index contributed by atoms with van der Waals surface area (Å²) in [7, 11) is 0. The van der Waals surface area contributed by atoms with Crippen LogP contribution in [-0.2, 0) is 4.79 Å². The molecule has 0 bridgehead atoms. The fourth-order valence-corrected chi connectivity index (χ4v) is 2.18. The normalized spacial score (nSPS) is 10.8. The molecule has 0 unspecified atom stereocenters. The molecule has 4 nitrogen and oxygen atoms in total. The van der Waals surface area contributed by atoms with Crippen molar-refractivity contribution in [3.8, 4) is 0 Å². The molecule has 94 valence electrons. The summed E-state index contributed by atoms with van der Waals surface area (Å²) in [6.07, 6.45) is -0.166. The molecule has 1 heterocycles. The monoisotopic (exact) mass is 265 g/mol. The number of halogens is 1. The van der Waals surface area contributed by atoms with E-state index in [0.29, 0.717) is 10.6 Å². The first-order chi connectivity index (χ1) is 8.49. The Labute approximate surface area is 109 Å². The van der Waals surface area contributed by atoms with Crippen molar-refractivity contribution < 1.29 is 14.7 Å². The molecule has 1 aromatic carbocycles. The van der Waals surface area contributed by atoms with E-state index in [1.807, 2.05) is 0 Å². The fourth-order valence-electron chi connectivity index (χ4n) is 2.00. The Morgan fingerprint density at radius 1 is 1.33 bits per heavy atom. The predicted octanol–water partition coefficient (Wildman–Crippen LogP) is 3.18. The molecule has 0 spiro atoms. The molecule has 0 fully saturated rings. The molecule has 5 heteroatoms. The Bertz CT molecular complexity index is 630. The van der Waals surface area contributed by atoms with Crippen molar-refractivity contribution in [1.82, 2.24) is 4.98 Å². The number of carboxylic acids is 1. The van der Waals surface area contributed by atoms with Gasteiger partial charge in [-0.05, 0) is 25.1 Å². The second kappa shape index (κ2) is 4.82. The lowest BCUT2D eigenvalue weighted by molar-refractivity contribution is -0.136. The Morgan fingerprint density at radius 2 is 2.06 bits per heavy atom. The quantitative estimate of drug-likeness (QED) is 0.834. The number of carbonyl (C=O) groups is 2. The van der Waals surface area contributed by atoms with Crippen molar-refractivity contribution in [2.45, 2.75) is 19.8 Å². The molecule has 0 saturated carbocycles. The maximum Gasteiger partial charge on any atom is 0.303 e. The highest BCUT2D eigenvalue weighted by Gasteiger charge is 2.17. The van der Waals surface area contributed by atoms with Gasteiger partial charge >= 0.3 is 5.97 Å². The number of aryl methyl sites for hydroxylation is 1. The molecule has 0 atom stereocenters. The summed E-state index contributed by atoms with van der Waals surface area (Å²) in [4.78, 5) is 25.6. The SMILES string of the molecule is Cc1[nH]c2ccc(Cl)cc2c1C(=O)CCC(=O)O. The van der Waals surface area contributed by atoms with Crippen LogP contribution >= 0.6 is 11.6 Å². The van der Waals surface area contributed by atoms with Crippen LogP contribution in [0.1, 0.15) is 28.9 Å². The number of Topliss-reactive ketones (excluding diaryl/α,β-unsaturated/α-hetero) is 1. The van der Waals surface area contributed by atoms with E-state index in [9.17, 15) is 9.59 Å². The van der Waals surface area contributed by atoms with Crippen LogP contribution in [0.15, 0.2) is 18.2 Å². The van der Waals surface area contributed by atoms with Gasteiger partial charge in [0.15, 0.2) is 5.78 Å². The number of aliphatic carboxylic acids is 1. The molecule has 0 aliphatic heterocycles. The van der Waals surface area contributed by atoms with Gasteiger partial charge in [0.2, 0.25) is 0 Å². The number of aromatic nitrogens is 1. The van der Waals surface area contributed by atoms with E-state index in [-0.39, 0.29) is 18.6 Å². The summed E-state index contributed by atoms with van der Waals surface area (Å²) in [6.45, 7) is 1.79. The van der Waals surface area contributed by atoms with Crippen LogP contribution in [0.25, 0.3) is 10.9 Å². The summed E-state index contributed by atoms with van der Waals surface area (Å²) >= 11 is 5.91. The fraction of sp³-hybridized carbons (Fsp3) is 0.231. The Balaban J connectivity index is 2.43. The molecule has 0 saturated heterocycles. The lowest BCUT2D eigenvalue weighted by Crippen LogP contribution is -2.04. The minimum Gasteiger partial charge on any atom is -0.481 e. The smallest absolute Gasteiger partial charge is 0.303 e. The number of carboxylic acid groups (broad SMARTS) is 1. The van der Waals surface area contributed by atoms with Gasteiger partial charge in [-0.15, -0.1) is 0 Å². The first-order valence-electron chi connectivity index (χ1n) is 5.52. The molecule has 0 radical (unpaired) electrons. The number of hydrogen-bond donors (Lipinski definition) is 2. The van der Waals surface area contributed by atoms with Gasteiger partial charge in [0.25, 0.3) is 0 Å². The number of hydrogen-bond acceptors (Lipinski definition) is 2. The highest BCUT2D eigenvalue weighted by Crippen LogP contribution is 2.26. The van der Waals surface area contributed by atoms with Gasteiger partial charge in [0.1, 0.15) is 0 Å². The maximum absolute atomic E-state index is 12.0. The molecular formula is C13H12ClNO3. The van der Waals surface area contributed by atoms with Crippen LogP contribution in [0.2, 0.25) is 5.02 Å². The van der Waals surface area contributed by atoms with Gasteiger partial charge in [-0.3, -0.25) is 9.59 Å². The van der Waals surface area contributed by atoms with Gasteiger partial charge in [-0.2, -0.15) is 0 Å². The average Bonchev–Trinajstić information content (AvgIpc) is 2.61. The van der Waals surface area contributed by atoms with Crippen molar-refractivity contribution in [3.05, 3.63) is 34.5 Å². The number of rotatable bonds is 4. The summed E-state index contributed by atoms with van der Waals surface area (Å²) in [5, 5.41) is 9.90. The van der Waals surface area contributed by atoms with Crippen LogP contribution in [0.5, 0.6) is 0 Å². The molecule has 0 aliphatic rings. The minimum absolute atomic E-state index is 0.00433. The van der Waals surface area contributed by atoms with Gasteiger partial charge in [0.05, 0.1) is 6.42 Å². The van der Waals surface area contributed by atoms with E-state index >= 15 is 0 Å². The van der Waals surface area contributed by atoms with Crippen LogP contribution in [0, 0.1) is 6.92 Å². The zero-order valence-electron chi connectivity index (χ0n) is 9.79. The number of fused-ring (bicyclic) bond motifs is 1. The van der Waals surface area contributed by atoms with Crippen LogP contribution in [0.3, 0.4) is 0 Å². The van der Waals surface area contributed by atoms with Crippen LogP contribution in [-0.4, -0.2) is 21.8 Å². The third-order valence-corrected chi connectivity index (χ3v) is 3.03. The predicted molar refractivity (Wildman–Crippen MR) is 69.2 cm³/mol. The molecule has 0 amide bonds. The summed E-state index contributed by atoms with van der Waals surface area (Å²) in [6, 6.07) is 5.26. The van der Waals surface area contributed by atoms with E-state index in [4.69, 9.17) is 16.7 Å². The van der Waals surface area contributed by atoms with Crippen LogP contribution < -0.4 is 0 Å². The van der Waals surface area contributed by atoms with E-state index in [0.717, 1.165) is 16.6 Å². The average molecular weight is 266 g/mol. The molecular weight excluding hydrogens is 254 g/mol. The standard InChI is InChI=1S/C13H12ClNO3/c1-7-13(11(16)4-5-12(17)18)9-6-8(14)2-3-10(9)15-7/h2-3,6,15H,4-5H2,1H3,(H,17,18). The molecule has 0 aliphatic carbocycles. The van der Waals surface area contributed by atoms with Gasteiger partial charge in [-0.25, -0.2) is 0 Å². The zero-order valence-corrected chi connectivity index (χ0v) is 10.5. The van der Waals surface area contributed by atoms with E-state index in [2.05, 4.69) is 4.98 Å². The van der Waals surface area contributed by atoms with Crippen molar-refractivity contribution >= 4 is 34.3 Å². The highest BCUT2D eigenvalue weighted by atomic mass is 35.5. The summed E-state index contributed by atoms with van der Waals surface area (Å²) in [5.41, 5.74) is 2.10. The van der Waals surface area contributed by atoms with Crippen molar-refractivity contribution in [2.75, 3.05) is 0 Å². The van der Waals surface area contributed by atoms with Gasteiger partial charge in [-0.1, -0.05) is 11.6 Å². The topological polar surface area (TPSA) is 70.2 Å². The van der Waals surface area contributed by atoms with Crippen LogP contribution in [0.4, 0.5) is 0 Å². The number of aromatic amines is 1. The first-order valence-corrected chi connectivity index (χ1v) is 5.89. The third kappa shape index (κ3) is 2.38. The number of benzene rings is 1. The second-order valence-electron chi connectivity index (χ2n) is 4.13. The lowest BCUT2D eigenvalue weighted by Gasteiger charge is -1.99. The van der Waals surface area contributed by atoms with E-state index < -0.39 is 5.97 Å². The molecule has 1 aromatic heterocycles. The number of H-pyrrole nitrogens is 1. The van der Waals surface area contributed by atoms with Crippen molar-refractivity contribution in [2.24, 2.45) is 0 Å². The third-order valence-electron chi connectivity index (χ3n) is 2.79. The first kappa shape index (κ1) is 12.6. The maximum atomic E-state index is 12.0. The second-order valence-corrected chi connectivity index (χ2v) is 4.57. The number of nitrogens with one attached hydrogen (secondary N) is 1. The van der Waals surface area contributed by atoms with E-state index in [1.165, 1.54) is 0 Å². The summed E-state index contributed by atoms with van der Waals surface area (Å²) in [5.74, 6) is -1.15. The number of ketones is 1. The molecule has 2 N–H and O–H groups in total. The Hall–Kier alpha value is -1.81. The van der Waals surface area contributed by atoms with E-state index in [1.54, 1.807) is 25.1 Å². The van der Waals surface area contributed by atoms with Gasteiger partial charge < -0.3 is 10.1 Å². The molecule has 2 rings (SSSR count). The minimum atomic E-state index is -0.973. The zero-order chi connectivity index (χ0) is 13.3. The van der Waals surface area contributed by atoms with Crippen molar-refractivity contribution in [3.63, 3.8) is 0 Å². The van der Waals surface area contributed by atoms with Crippen molar-refractivity contribution in [1.29, 1.82) is 0 Å². The number of carbonyl (C=O) groups excluding carboxylic acids is 1. The molecule has 2 aromatic rings. The Kier molecular flexibility index (Phi) is 3.39. The molecule has 18 heavy (non-hydrogen) atoms.